The quantitative estimate of drug-likeness (QED) is 0.839. The summed E-state index contributed by atoms with van der Waals surface area (Å²) in [5, 5.41) is 10.1. The Kier molecular flexibility index (Phi) is 5.15. The summed E-state index contributed by atoms with van der Waals surface area (Å²) in [5.41, 5.74) is 5.23. The van der Waals surface area contributed by atoms with E-state index in [0.29, 0.717) is 20.3 Å². The molecule has 0 aromatic heterocycles. The van der Waals surface area contributed by atoms with Gasteiger partial charge in [-0.2, -0.15) is 0 Å². The summed E-state index contributed by atoms with van der Waals surface area (Å²) in [6.45, 7) is 0.232. The van der Waals surface area contributed by atoms with Crippen LogP contribution in [0.5, 0.6) is 5.75 Å². The second-order valence-corrected chi connectivity index (χ2v) is 4.57. The minimum atomic E-state index is -0.705. The zero-order chi connectivity index (χ0) is 11.4. The van der Waals surface area contributed by atoms with E-state index in [9.17, 15) is 5.11 Å². The fourth-order valence-electron chi connectivity index (χ4n) is 0.869. The molecule has 0 aliphatic carbocycles. The molecule has 1 atom stereocenters. The summed E-state index contributed by atoms with van der Waals surface area (Å²) < 4.78 is 5.95. The van der Waals surface area contributed by atoms with Crippen molar-refractivity contribution < 1.29 is 9.84 Å². The molecule has 3 nitrogen and oxygen atoms in total. The number of aliphatic hydroxyl groups is 1. The van der Waals surface area contributed by atoms with Crippen molar-refractivity contribution in [2.24, 2.45) is 5.73 Å². The third-order valence-corrected chi connectivity index (χ3v) is 3.17. The standard InChI is InChI=1S/C9H10BrCl2NO2/c10-6-1-8(12)9(2-7(6)11)15-4-5(14)3-13/h1-2,5,14H,3-4,13H2. The van der Waals surface area contributed by atoms with Crippen LogP contribution in [-0.2, 0) is 0 Å². The van der Waals surface area contributed by atoms with Crippen molar-refractivity contribution in [1.82, 2.24) is 0 Å². The Bertz CT molecular complexity index is 349. The number of halogens is 3. The lowest BCUT2D eigenvalue weighted by molar-refractivity contribution is 0.114. The molecule has 1 rings (SSSR count). The molecule has 3 N–H and O–H groups in total. The SMILES string of the molecule is NCC(O)COc1cc(Cl)c(Br)cc1Cl. The molecule has 6 heteroatoms. The normalized spacial score (nSPS) is 12.6. The number of benzene rings is 1. The molecule has 0 heterocycles. The van der Waals surface area contributed by atoms with Crippen molar-refractivity contribution >= 4 is 39.1 Å². The predicted octanol–water partition coefficient (Wildman–Crippen LogP) is 2.45. The molecule has 15 heavy (non-hydrogen) atoms. The van der Waals surface area contributed by atoms with Gasteiger partial charge >= 0.3 is 0 Å². The van der Waals surface area contributed by atoms with Gasteiger partial charge < -0.3 is 15.6 Å². The van der Waals surface area contributed by atoms with Gasteiger partial charge in [-0.05, 0) is 22.0 Å². The topological polar surface area (TPSA) is 55.5 Å². The Labute approximate surface area is 106 Å². The summed E-state index contributed by atoms with van der Waals surface area (Å²) in [4.78, 5) is 0. The Hall–Kier alpha value is -0.0000000000000000555. The molecule has 0 bridgehead atoms. The van der Waals surface area contributed by atoms with Crippen LogP contribution in [0, 0.1) is 0 Å². The lowest BCUT2D eigenvalue weighted by Crippen LogP contribution is -2.26. The van der Waals surface area contributed by atoms with Crippen molar-refractivity contribution in [3.8, 4) is 5.75 Å². The van der Waals surface area contributed by atoms with E-state index in [1.165, 1.54) is 0 Å². The Morgan fingerprint density at radius 1 is 1.40 bits per heavy atom. The van der Waals surface area contributed by atoms with Crippen molar-refractivity contribution in [2.75, 3.05) is 13.2 Å². The summed E-state index contributed by atoms with van der Waals surface area (Å²) in [6.07, 6.45) is -0.705. The van der Waals surface area contributed by atoms with Gasteiger partial charge in [-0.3, -0.25) is 0 Å². The maximum atomic E-state index is 9.20. The smallest absolute Gasteiger partial charge is 0.139 e. The van der Waals surface area contributed by atoms with Crippen molar-refractivity contribution in [1.29, 1.82) is 0 Å². The van der Waals surface area contributed by atoms with E-state index in [-0.39, 0.29) is 13.2 Å². The second kappa shape index (κ2) is 5.92. The maximum Gasteiger partial charge on any atom is 0.139 e. The molecule has 0 spiro atoms. The molecule has 0 amide bonds. The van der Waals surface area contributed by atoms with Crippen LogP contribution in [0.3, 0.4) is 0 Å². The number of hydrogen-bond donors (Lipinski definition) is 2. The maximum absolute atomic E-state index is 9.20. The first-order chi connectivity index (χ1) is 7.04. The highest BCUT2D eigenvalue weighted by molar-refractivity contribution is 9.10. The predicted molar refractivity (Wildman–Crippen MR) is 64.7 cm³/mol. The Morgan fingerprint density at radius 3 is 2.67 bits per heavy atom. The first kappa shape index (κ1) is 13.1. The average molecular weight is 315 g/mol. The van der Waals surface area contributed by atoms with Gasteiger partial charge in [0.05, 0.1) is 10.0 Å². The average Bonchev–Trinajstić information content (AvgIpc) is 2.21. The van der Waals surface area contributed by atoms with Crippen LogP contribution in [0.25, 0.3) is 0 Å². The lowest BCUT2D eigenvalue weighted by Gasteiger charge is -2.12. The fourth-order valence-corrected chi connectivity index (χ4v) is 1.72. The van der Waals surface area contributed by atoms with Crippen LogP contribution in [0.15, 0.2) is 16.6 Å². The molecule has 0 aliphatic rings. The van der Waals surface area contributed by atoms with E-state index in [0.717, 1.165) is 0 Å². The van der Waals surface area contributed by atoms with Crippen molar-refractivity contribution in [3.63, 3.8) is 0 Å². The molecule has 0 fully saturated rings. The van der Waals surface area contributed by atoms with E-state index in [2.05, 4.69) is 15.9 Å². The number of rotatable bonds is 4. The number of aliphatic hydroxyl groups excluding tert-OH is 1. The molecule has 0 saturated carbocycles. The highest BCUT2D eigenvalue weighted by Crippen LogP contribution is 2.34. The monoisotopic (exact) mass is 313 g/mol. The van der Waals surface area contributed by atoms with Gasteiger partial charge in [0, 0.05) is 17.1 Å². The van der Waals surface area contributed by atoms with Gasteiger partial charge in [-0.15, -0.1) is 0 Å². The van der Waals surface area contributed by atoms with Crippen LogP contribution in [0.4, 0.5) is 0 Å². The molecule has 0 saturated heterocycles. The molecule has 84 valence electrons. The van der Waals surface area contributed by atoms with Crippen LogP contribution in [-0.4, -0.2) is 24.4 Å². The summed E-state index contributed by atoms with van der Waals surface area (Å²) in [7, 11) is 0. The molecule has 0 radical (unpaired) electrons. The highest BCUT2D eigenvalue weighted by Gasteiger charge is 2.08. The minimum Gasteiger partial charge on any atom is -0.489 e. The number of hydrogen-bond acceptors (Lipinski definition) is 3. The van der Waals surface area contributed by atoms with Gasteiger partial charge in [0.1, 0.15) is 18.5 Å². The van der Waals surface area contributed by atoms with Crippen LogP contribution in [0.2, 0.25) is 10.0 Å². The molecule has 1 unspecified atom stereocenters. The van der Waals surface area contributed by atoms with E-state index in [1.54, 1.807) is 12.1 Å². The second-order valence-electron chi connectivity index (χ2n) is 2.90. The fraction of sp³-hybridized carbons (Fsp3) is 0.333. The largest absolute Gasteiger partial charge is 0.489 e. The zero-order valence-corrected chi connectivity index (χ0v) is 10.8. The number of nitrogens with two attached hydrogens (primary N) is 1. The van der Waals surface area contributed by atoms with Gasteiger partial charge in [0.2, 0.25) is 0 Å². The van der Waals surface area contributed by atoms with E-state index >= 15 is 0 Å². The molecule has 1 aromatic rings. The van der Waals surface area contributed by atoms with E-state index < -0.39 is 6.10 Å². The number of ether oxygens (including phenoxy) is 1. The first-order valence-electron chi connectivity index (χ1n) is 4.20. The summed E-state index contributed by atoms with van der Waals surface area (Å²) >= 11 is 15.0. The van der Waals surface area contributed by atoms with Gasteiger partial charge in [-0.1, -0.05) is 23.2 Å². The van der Waals surface area contributed by atoms with E-state index in [1.807, 2.05) is 0 Å². The Balaban J connectivity index is 2.73. The van der Waals surface area contributed by atoms with Crippen molar-refractivity contribution in [3.05, 3.63) is 26.7 Å². The lowest BCUT2D eigenvalue weighted by atomic mass is 10.3. The molecule has 1 aromatic carbocycles. The van der Waals surface area contributed by atoms with Gasteiger partial charge in [0.25, 0.3) is 0 Å². The highest BCUT2D eigenvalue weighted by atomic mass is 79.9. The summed E-state index contributed by atoms with van der Waals surface area (Å²) in [5.74, 6) is 0.428. The van der Waals surface area contributed by atoms with E-state index in [4.69, 9.17) is 33.7 Å². The zero-order valence-electron chi connectivity index (χ0n) is 7.71. The Morgan fingerprint density at radius 2 is 2.07 bits per heavy atom. The molecule has 0 aliphatic heterocycles. The molecular formula is C9H10BrCl2NO2. The third-order valence-electron chi connectivity index (χ3n) is 1.68. The van der Waals surface area contributed by atoms with Gasteiger partial charge in [-0.25, -0.2) is 0 Å². The van der Waals surface area contributed by atoms with Crippen LogP contribution in [0.1, 0.15) is 0 Å². The van der Waals surface area contributed by atoms with Crippen LogP contribution < -0.4 is 10.5 Å². The van der Waals surface area contributed by atoms with Gasteiger partial charge in [0.15, 0.2) is 0 Å². The van der Waals surface area contributed by atoms with Crippen molar-refractivity contribution in [2.45, 2.75) is 6.10 Å². The third kappa shape index (κ3) is 3.81. The first-order valence-corrected chi connectivity index (χ1v) is 5.75. The minimum absolute atomic E-state index is 0.0914. The van der Waals surface area contributed by atoms with Crippen LogP contribution >= 0.6 is 39.1 Å². The molecular weight excluding hydrogens is 305 g/mol. The summed E-state index contributed by atoms with van der Waals surface area (Å²) in [6, 6.07) is 3.21.